The number of halogens is 1. The van der Waals surface area contributed by atoms with E-state index in [-0.39, 0.29) is 0 Å². The zero-order valence-corrected chi connectivity index (χ0v) is 6.99. The van der Waals surface area contributed by atoms with Crippen molar-refractivity contribution in [2.45, 2.75) is 0 Å². The van der Waals surface area contributed by atoms with Gasteiger partial charge in [-0.3, -0.25) is 0 Å². The van der Waals surface area contributed by atoms with Crippen molar-refractivity contribution in [3.8, 4) is 0 Å². The molecule has 0 aliphatic carbocycles. The highest BCUT2D eigenvalue weighted by molar-refractivity contribution is 14.1. The van der Waals surface area contributed by atoms with Gasteiger partial charge in [-0.25, -0.2) is 8.42 Å². The third kappa shape index (κ3) is 6.68. The third-order valence-electron chi connectivity index (χ3n) is 0.448. The van der Waals surface area contributed by atoms with E-state index in [1.165, 1.54) is 6.26 Å². The van der Waals surface area contributed by atoms with Crippen LogP contribution in [-0.2, 0) is 9.84 Å². The molecule has 0 aliphatic rings. The van der Waals surface area contributed by atoms with Gasteiger partial charge in [0.1, 0.15) is 9.84 Å². The van der Waals surface area contributed by atoms with Gasteiger partial charge in [-0.15, -0.1) is 0 Å². The van der Waals surface area contributed by atoms with Crippen LogP contribution in [0, 0.1) is 0 Å². The van der Waals surface area contributed by atoms with Gasteiger partial charge in [0.05, 0.1) is 5.75 Å². The second-order valence-electron chi connectivity index (χ2n) is 1.32. The Kier molecular flexibility index (Phi) is 3.14. The summed E-state index contributed by atoms with van der Waals surface area (Å²) in [5.74, 6) is 0.299. The van der Waals surface area contributed by atoms with E-state index in [1.807, 2.05) is 22.6 Å². The first-order chi connectivity index (χ1) is 3.06. The monoisotopic (exact) mass is 234 g/mol. The Hall–Kier alpha value is 0.680. The fourth-order valence-electron chi connectivity index (χ4n) is 0.140. The summed E-state index contributed by atoms with van der Waals surface area (Å²) in [6.45, 7) is 0. The maximum Gasteiger partial charge on any atom is 0.148 e. The molecule has 0 atom stereocenters. The number of hydrogen-bond donors (Lipinski definition) is 0. The zero-order valence-electron chi connectivity index (χ0n) is 4.02. The van der Waals surface area contributed by atoms with E-state index in [0.29, 0.717) is 10.2 Å². The van der Waals surface area contributed by atoms with Crippen LogP contribution in [-0.4, -0.2) is 24.9 Å². The number of sulfone groups is 1. The Bertz CT molecular complexity index is 126. The molecule has 0 saturated carbocycles. The normalized spacial score (nSPS) is 11.7. The minimum absolute atomic E-state index is 0.299. The molecule has 0 aromatic heterocycles. The predicted octanol–water partition coefficient (Wildman–Crippen LogP) is 0.466. The lowest BCUT2D eigenvalue weighted by Gasteiger charge is -1.86. The molecule has 0 rings (SSSR count). The molecule has 0 unspecified atom stereocenters. The first kappa shape index (κ1) is 7.68. The van der Waals surface area contributed by atoms with Crippen molar-refractivity contribution in [2.75, 3.05) is 16.4 Å². The van der Waals surface area contributed by atoms with Crippen molar-refractivity contribution < 1.29 is 8.42 Å². The topological polar surface area (TPSA) is 34.1 Å². The van der Waals surface area contributed by atoms with Crippen molar-refractivity contribution >= 4 is 32.4 Å². The van der Waals surface area contributed by atoms with E-state index in [1.54, 1.807) is 0 Å². The van der Waals surface area contributed by atoms with Gasteiger partial charge in [-0.05, 0) is 0 Å². The van der Waals surface area contributed by atoms with E-state index in [0.717, 1.165) is 0 Å². The van der Waals surface area contributed by atoms with Crippen LogP contribution in [0.3, 0.4) is 0 Å². The highest BCUT2D eigenvalue weighted by Gasteiger charge is 1.96. The molecular formula is C3H7IO2S. The minimum Gasteiger partial charge on any atom is -0.229 e. The quantitative estimate of drug-likeness (QED) is 0.514. The van der Waals surface area contributed by atoms with Gasteiger partial charge in [0.25, 0.3) is 0 Å². The average Bonchev–Trinajstić information content (AvgIpc) is 1.30. The van der Waals surface area contributed by atoms with Gasteiger partial charge in [-0.2, -0.15) is 0 Å². The molecule has 0 bridgehead atoms. The largest absolute Gasteiger partial charge is 0.229 e. The molecule has 0 saturated heterocycles. The molecule has 0 N–H and O–H groups in total. The molecule has 2 nitrogen and oxygen atoms in total. The summed E-state index contributed by atoms with van der Waals surface area (Å²) < 4.78 is 21.1. The molecule has 7 heavy (non-hydrogen) atoms. The molecule has 0 heterocycles. The van der Waals surface area contributed by atoms with Crippen LogP contribution >= 0.6 is 22.6 Å². The van der Waals surface area contributed by atoms with Crippen molar-refractivity contribution in [3.05, 3.63) is 0 Å². The fourth-order valence-corrected chi connectivity index (χ4v) is 2.82. The van der Waals surface area contributed by atoms with E-state index >= 15 is 0 Å². The van der Waals surface area contributed by atoms with Gasteiger partial charge in [-0.1, -0.05) is 22.6 Å². The van der Waals surface area contributed by atoms with Gasteiger partial charge in [0, 0.05) is 10.7 Å². The van der Waals surface area contributed by atoms with Crippen LogP contribution in [0.15, 0.2) is 0 Å². The van der Waals surface area contributed by atoms with E-state index in [2.05, 4.69) is 0 Å². The van der Waals surface area contributed by atoms with E-state index < -0.39 is 9.84 Å². The number of hydrogen-bond acceptors (Lipinski definition) is 2. The minimum atomic E-state index is -2.68. The van der Waals surface area contributed by atoms with Crippen molar-refractivity contribution in [1.29, 1.82) is 0 Å². The van der Waals surface area contributed by atoms with E-state index in [9.17, 15) is 8.42 Å². The second kappa shape index (κ2) is 2.86. The second-order valence-corrected chi connectivity index (χ2v) is 4.66. The van der Waals surface area contributed by atoms with E-state index in [4.69, 9.17) is 0 Å². The van der Waals surface area contributed by atoms with Gasteiger partial charge in [0.2, 0.25) is 0 Å². The lowest BCUT2D eigenvalue weighted by atomic mass is 11.0. The smallest absolute Gasteiger partial charge is 0.148 e. The molecule has 0 fully saturated rings. The number of alkyl halides is 1. The predicted molar refractivity (Wildman–Crippen MR) is 38.6 cm³/mol. The molecule has 0 aromatic carbocycles. The molecule has 0 amide bonds. The molecule has 44 valence electrons. The van der Waals surface area contributed by atoms with Crippen LogP contribution in [0.2, 0.25) is 0 Å². The van der Waals surface area contributed by atoms with Crippen molar-refractivity contribution in [2.24, 2.45) is 0 Å². The molecule has 0 spiro atoms. The highest BCUT2D eigenvalue weighted by Crippen LogP contribution is 1.86. The molecule has 4 heteroatoms. The zero-order chi connectivity index (χ0) is 5.91. The molecule has 0 radical (unpaired) electrons. The van der Waals surface area contributed by atoms with Crippen molar-refractivity contribution in [3.63, 3.8) is 0 Å². The molecule has 0 aromatic rings. The first-order valence-corrected chi connectivity index (χ1v) is 5.38. The maximum absolute atomic E-state index is 10.2. The lowest BCUT2D eigenvalue weighted by molar-refractivity contribution is 0.603. The Balaban J connectivity index is 3.60. The maximum atomic E-state index is 10.2. The SMILES string of the molecule is CS(=O)(=O)CCI. The van der Waals surface area contributed by atoms with Gasteiger partial charge < -0.3 is 0 Å². The summed E-state index contributed by atoms with van der Waals surface area (Å²) in [7, 11) is -2.68. The fraction of sp³-hybridized carbons (Fsp3) is 1.00. The van der Waals surface area contributed by atoms with Crippen LogP contribution < -0.4 is 0 Å². The first-order valence-electron chi connectivity index (χ1n) is 1.80. The Morgan fingerprint density at radius 3 is 2.00 bits per heavy atom. The molecule has 0 aliphatic heterocycles. The lowest BCUT2D eigenvalue weighted by Crippen LogP contribution is -2.02. The third-order valence-corrected chi connectivity index (χ3v) is 2.67. The summed E-state index contributed by atoms with van der Waals surface area (Å²) in [5.41, 5.74) is 0. The van der Waals surface area contributed by atoms with Crippen LogP contribution in [0.5, 0.6) is 0 Å². The Morgan fingerprint density at radius 1 is 1.57 bits per heavy atom. The van der Waals surface area contributed by atoms with Gasteiger partial charge >= 0.3 is 0 Å². The van der Waals surface area contributed by atoms with Crippen LogP contribution in [0.4, 0.5) is 0 Å². The summed E-state index contributed by atoms with van der Waals surface area (Å²) in [6, 6.07) is 0. The standard InChI is InChI=1S/C3H7IO2S/c1-7(5,6)3-2-4/h2-3H2,1H3. The van der Waals surface area contributed by atoms with Crippen LogP contribution in [0.25, 0.3) is 0 Å². The Labute approximate surface area is 57.4 Å². The Morgan fingerprint density at radius 2 is 2.00 bits per heavy atom. The summed E-state index contributed by atoms with van der Waals surface area (Å²) in [5, 5.41) is 0. The number of rotatable bonds is 2. The molecular weight excluding hydrogens is 227 g/mol. The average molecular weight is 234 g/mol. The van der Waals surface area contributed by atoms with Crippen LogP contribution in [0.1, 0.15) is 0 Å². The summed E-state index contributed by atoms with van der Waals surface area (Å²) in [4.78, 5) is 0. The highest BCUT2D eigenvalue weighted by atomic mass is 127. The summed E-state index contributed by atoms with van der Waals surface area (Å²) in [6.07, 6.45) is 1.24. The van der Waals surface area contributed by atoms with Crippen molar-refractivity contribution in [1.82, 2.24) is 0 Å². The van der Waals surface area contributed by atoms with Gasteiger partial charge in [0.15, 0.2) is 0 Å². The summed E-state index contributed by atoms with van der Waals surface area (Å²) >= 11 is 2.03.